The van der Waals surface area contributed by atoms with E-state index in [2.05, 4.69) is 17.1 Å². The van der Waals surface area contributed by atoms with Crippen LogP contribution in [0.3, 0.4) is 0 Å². The van der Waals surface area contributed by atoms with Crippen molar-refractivity contribution in [2.45, 2.75) is 56.7 Å². The van der Waals surface area contributed by atoms with Gasteiger partial charge in [-0.2, -0.15) is 0 Å². The molecule has 96 valence electrons. The lowest BCUT2D eigenvalue weighted by molar-refractivity contribution is -0.124. The average molecular weight is 237 g/mol. The SMILES string of the molecule is CC1CC(NCC2CC2)(C(N)=O)CN1C1CC1. The molecular formula is C13H23N3O. The Balaban J connectivity index is 1.68. The predicted molar refractivity (Wildman–Crippen MR) is 66.5 cm³/mol. The number of nitrogens with zero attached hydrogens (tertiary/aromatic N) is 1. The number of nitrogens with two attached hydrogens (primary N) is 1. The highest BCUT2D eigenvalue weighted by Crippen LogP contribution is 2.38. The molecule has 2 unspecified atom stereocenters. The zero-order valence-electron chi connectivity index (χ0n) is 10.6. The van der Waals surface area contributed by atoms with E-state index in [0.29, 0.717) is 12.1 Å². The van der Waals surface area contributed by atoms with E-state index in [1.807, 2.05) is 0 Å². The number of hydrogen-bond acceptors (Lipinski definition) is 3. The third-order valence-electron chi connectivity index (χ3n) is 4.58. The first-order chi connectivity index (χ1) is 8.11. The number of carbonyl (C=O) groups excluding carboxylic acids is 1. The number of amides is 1. The van der Waals surface area contributed by atoms with Gasteiger partial charge in [0.15, 0.2) is 0 Å². The van der Waals surface area contributed by atoms with Crippen molar-refractivity contribution in [1.82, 2.24) is 10.2 Å². The molecule has 1 amide bonds. The van der Waals surface area contributed by atoms with Crippen LogP contribution < -0.4 is 11.1 Å². The molecule has 2 saturated carbocycles. The molecule has 4 heteroatoms. The monoisotopic (exact) mass is 237 g/mol. The number of likely N-dealkylation sites (tertiary alicyclic amines) is 1. The summed E-state index contributed by atoms with van der Waals surface area (Å²) >= 11 is 0. The van der Waals surface area contributed by atoms with Crippen LogP contribution in [0.15, 0.2) is 0 Å². The summed E-state index contributed by atoms with van der Waals surface area (Å²) in [6.45, 7) is 4.01. The van der Waals surface area contributed by atoms with Gasteiger partial charge in [-0.1, -0.05) is 0 Å². The van der Waals surface area contributed by atoms with Crippen LogP contribution in [0.5, 0.6) is 0 Å². The van der Waals surface area contributed by atoms with E-state index in [4.69, 9.17) is 5.73 Å². The van der Waals surface area contributed by atoms with Gasteiger partial charge in [-0.15, -0.1) is 0 Å². The molecule has 0 aromatic rings. The van der Waals surface area contributed by atoms with Crippen molar-refractivity contribution in [3.8, 4) is 0 Å². The summed E-state index contributed by atoms with van der Waals surface area (Å²) < 4.78 is 0. The number of rotatable bonds is 5. The van der Waals surface area contributed by atoms with Crippen LogP contribution in [0.25, 0.3) is 0 Å². The zero-order chi connectivity index (χ0) is 12.0. The van der Waals surface area contributed by atoms with Crippen LogP contribution >= 0.6 is 0 Å². The molecule has 3 fully saturated rings. The van der Waals surface area contributed by atoms with E-state index in [1.54, 1.807) is 0 Å². The van der Waals surface area contributed by atoms with Gasteiger partial charge in [-0.05, 0) is 51.5 Å². The first-order valence-corrected chi connectivity index (χ1v) is 6.91. The Labute approximate surface area is 103 Å². The molecule has 1 saturated heterocycles. The maximum Gasteiger partial charge on any atom is 0.239 e. The molecule has 3 aliphatic rings. The summed E-state index contributed by atoms with van der Waals surface area (Å²) in [6, 6.07) is 1.20. The maximum atomic E-state index is 11.8. The minimum absolute atomic E-state index is 0.159. The highest BCUT2D eigenvalue weighted by molar-refractivity contribution is 5.85. The molecule has 4 nitrogen and oxygen atoms in total. The Kier molecular flexibility index (Phi) is 2.67. The Bertz CT molecular complexity index is 325. The topological polar surface area (TPSA) is 58.4 Å². The molecule has 0 bridgehead atoms. The van der Waals surface area contributed by atoms with Crippen LogP contribution in [0.4, 0.5) is 0 Å². The third-order valence-corrected chi connectivity index (χ3v) is 4.58. The molecule has 0 spiro atoms. The lowest BCUT2D eigenvalue weighted by Gasteiger charge is -2.27. The van der Waals surface area contributed by atoms with Gasteiger partial charge >= 0.3 is 0 Å². The van der Waals surface area contributed by atoms with Crippen molar-refractivity contribution >= 4 is 5.91 Å². The maximum absolute atomic E-state index is 11.8. The molecule has 0 radical (unpaired) electrons. The summed E-state index contributed by atoms with van der Waals surface area (Å²) in [6.07, 6.45) is 6.09. The molecule has 0 aromatic heterocycles. The van der Waals surface area contributed by atoms with Crippen molar-refractivity contribution < 1.29 is 4.79 Å². The molecule has 1 aliphatic heterocycles. The summed E-state index contributed by atoms with van der Waals surface area (Å²) in [5.74, 6) is 0.629. The van der Waals surface area contributed by atoms with E-state index in [9.17, 15) is 4.79 Å². The van der Waals surface area contributed by atoms with Crippen molar-refractivity contribution in [3.63, 3.8) is 0 Å². The number of primary amides is 1. The number of hydrogen-bond donors (Lipinski definition) is 2. The third kappa shape index (κ3) is 2.20. The average Bonchev–Trinajstić information content (AvgIpc) is 3.15. The number of carbonyl (C=O) groups is 1. The van der Waals surface area contributed by atoms with Gasteiger partial charge in [0.05, 0.1) is 0 Å². The van der Waals surface area contributed by atoms with E-state index in [1.165, 1.54) is 25.7 Å². The van der Waals surface area contributed by atoms with Gasteiger partial charge in [-0.25, -0.2) is 0 Å². The van der Waals surface area contributed by atoms with Crippen LogP contribution in [0.1, 0.15) is 39.0 Å². The van der Waals surface area contributed by atoms with E-state index >= 15 is 0 Å². The lowest BCUT2D eigenvalue weighted by atomic mass is 9.95. The van der Waals surface area contributed by atoms with Gasteiger partial charge < -0.3 is 11.1 Å². The van der Waals surface area contributed by atoms with Crippen molar-refractivity contribution in [2.75, 3.05) is 13.1 Å². The van der Waals surface area contributed by atoms with Gasteiger partial charge in [0.1, 0.15) is 5.54 Å². The number of nitrogens with one attached hydrogen (secondary N) is 1. The Morgan fingerprint density at radius 2 is 2.12 bits per heavy atom. The second-order valence-electron chi connectivity index (χ2n) is 6.23. The van der Waals surface area contributed by atoms with Gasteiger partial charge in [-0.3, -0.25) is 9.69 Å². The van der Waals surface area contributed by atoms with Gasteiger partial charge in [0, 0.05) is 18.6 Å². The van der Waals surface area contributed by atoms with Crippen LogP contribution in [-0.2, 0) is 4.79 Å². The lowest BCUT2D eigenvalue weighted by Crippen LogP contribution is -2.57. The molecule has 1 heterocycles. The van der Waals surface area contributed by atoms with Crippen molar-refractivity contribution in [1.29, 1.82) is 0 Å². The second-order valence-corrected chi connectivity index (χ2v) is 6.23. The summed E-state index contributed by atoms with van der Waals surface area (Å²) in [5.41, 5.74) is 5.20. The predicted octanol–water partition coefficient (Wildman–Crippen LogP) is 0.467. The quantitative estimate of drug-likeness (QED) is 0.730. The Morgan fingerprint density at radius 1 is 1.41 bits per heavy atom. The molecule has 2 atom stereocenters. The summed E-state index contributed by atoms with van der Waals surface area (Å²) in [4.78, 5) is 14.3. The van der Waals surface area contributed by atoms with Gasteiger partial charge in [0.2, 0.25) is 5.91 Å². The van der Waals surface area contributed by atoms with Crippen LogP contribution in [-0.4, -0.2) is 41.5 Å². The highest BCUT2D eigenvalue weighted by atomic mass is 16.1. The van der Waals surface area contributed by atoms with Crippen LogP contribution in [0, 0.1) is 5.92 Å². The molecule has 17 heavy (non-hydrogen) atoms. The molecule has 3 N–H and O–H groups in total. The fourth-order valence-electron chi connectivity index (χ4n) is 3.10. The minimum Gasteiger partial charge on any atom is -0.368 e. The normalized spacial score (nSPS) is 38.5. The molecule has 3 rings (SSSR count). The van der Waals surface area contributed by atoms with Crippen molar-refractivity contribution in [3.05, 3.63) is 0 Å². The fraction of sp³-hybridized carbons (Fsp3) is 0.923. The second kappa shape index (κ2) is 3.95. The van der Waals surface area contributed by atoms with E-state index in [0.717, 1.165) is 25.4 Å². The first-order valence-electron chi connectivity index (χ1n) is 6.91. The zero-order valence-corrected chi connectivity index (χ0v) is 10.6. The first kappa shape index (κ1) is 11.5. The van der Waals surface area contributed by atoms with E-state index in [-0.39, 0.29) is 5.91 Å². The summed E-state index contributed by atoms with van der Waals surface area (Å²) in [5, 5.41) is 3.48. The Hall–Kier alpha value is -0.610. The van der Waals surface area contributed by atoms with E-state index < -0.39 is 5.54 Å². The smallest absolute Gasteiger partial charge is 0.239 e. The summed E-state index contributed by atoms with van der Waals surface area (Å²) in [7, 11) is 0. The Morgan fingerprint density at radius 3 is 2.65 bits per heavy atom. The highest BCUT2D eigenvalue weighted by Gasteiger charge is 2.50. The standard InChI is InChI=1S/C13H23N3O/c1-9-6-13(12(14)17,15-7-10-2-3-10)8-16(9)11-4-5-11/h9-11,15H,2-8H2,1H3,(H2,14,17). The van der Waals surface area contributed by atoms with Crippen molar-refractivity contribution in [2.24, 2.45) is 11.7 Å². The minimum atomic E-state index is -0.454. The molecular weight excluding hydrogens is 214 g/mol. The largest absolute Gasteiger partial charge is 0.368 e. The van der Waals surface area contributed by atoms with Crippen LogP contribution in [0.2, 0.25) is 0 Å². The molecule has 2 aliphatic carbocycles. The molecule has 0 aromatic carbocycles. The van der Waals surface area contributed by atoms with Gasteiger partial charge in [0.25, 0.3) is 0 Å². The fourth-order valence-corrected chi connectivity index (χ4v) is 3.10.